The first-order chi connectivity index (χ1) is 15.9. The fourth-order valence-corrected chi connectivity index (χ4v) is 3.98. The number of hydrogen-bond donors (Lipinski definition) is 4. The molecule has 9 heteroatoms. The average Bonchev–Trinajstić information content (AvgIpc) is 3.24. The van der Waals surface area contributed by atoms with E-state index in [1.165, 1.54) is 0 Å². The molecule has 4 rings (SSSR count). The van der Waals surface area contributed by atoms with Crippen LogP contribution in [0.1, 0.15) is 22.6 Å². The summed E-state index contributed by atoms with van der Waals surface area (Å²) in [5.41, 5.74) is 4.34. The van der Waals surface area contributed by atoms with Crippen LogP contribution in [-0.2, 0) is 0 Å². The summed E-state index contributed by atoms with van der Waals surface area (Å²) in [6, 6.07) is 9.20. The van der Waals surface area contributed by atoms with Gasteiger partial charge in [-0.2, -0.15) is 0 Å². The maximum Gasteiger partial charge on any atom is 0.285 e. The number of rotatable bonds is 7. The highest BCUT2D eigenvalue weighted by atomic mass is 35.5. The van der Waals surface area contributed by atoms with E-state index in [2.05, 4.69) is 41.4 Å². The summed E-state index contributed by atoms with van der Waals surface area (Å²) in [4.78, 5) is 12.1. The van der Waals surface area contributed by atoms with Crippen LogP contribution in [0.25, 0.3) is 11.3 Å². The highest BCUT2D eigenvalue weighted by Crippen LogP contribution is 2.31. The maximum atomic E-state index is 6.55. The Bertz CT molecular complexity index is 1250. The molecule has 0 fully saturated rings. The highest BCUT2D eigenvalue weighted by Gasteiger charge is 2.29. The van der Waals surface area contributed by atoms with Gasteiger partial charge in [-0.1, -0.05) is 29.1 Å². The summed E-state index contributed by atoms with van der Waals surface area (Å²) in [6.07, 6.45) is 10.7. The van der Waals surface area contributed by atoms with Gasteiger partial charge in [0.15, 0.2) is 6.21 Å². The molecular formula is C24H24Cl2N7+. The molecule has 2 aromatic heterocycles. The Morgan fingerprint density at radius 2 is 2.00 bits per heavy atom. The lowest BCUT2D eigenvalue weighted by Gasteiger charge is -2.25. The number of aryl methyl sites for hydroxylation is 1. The maximum absolute atomic E-state index is 6.55. The molecule has 0 bridgehead atoms. The summed E-state index contributed by atoms with van der Waals surface area (Å²) in [6.45, 7) is 3.34. The molecule has 33 heavy (non-hydrogen) atoms. The molecule has 3 aromatic rings. The van der Waals surface area contributed by atoms with Gasteiger partial charge < -0.3 is 15.6 Å². The largest absolute Gasteiger partial charge is 0.369 e. The number of benzene rings is 1. The Morgan fingerprint density at radius 3 is 2.67 bits per heavy atom. The third-order valence-corrected chi connectivity index (χ3v) is 5.70. The predicted molar refractivity (Wildman–Crippen MR) is 134 cm³/mol. The molecule has 0 radical (unpaired) electrons. The standard InChI is InChI=1S/C24H23Cl2N7/c1-4-16-5-8-21(29-13-16)27-9-10-28-24-32-22(18-7-6-17(25)11-20(18)26)19(14-33(24)3)23-30-12-15(2)31-23/h1,5-8,11-14,24,28H,9-10H2,2-3H3,(H2,27,29,30,31)/p+1. The minimum absolute atomic E-state index is 0.162. The second-order valence-electron chi connectivity index (χ2n) is 7.63. The van der Waals surface area contributed by atoms with Crippen molar-refractivity contribution < 1.29 is 4.58 Å². The minimum Gasteiger partial charge on any atom is -0.369 e. The number of halogens is 2. The number of nitrogens with zero attached hydrogens (tertiary/aromatic N) is 3. The van der Waals surface area contributed by atoms with Gasteiger partial charge in [0.25, 0.3) is 6.29 Å². The lowest BCUT2D eigenvalue weighted by atomic mass is 10.0. The van der Waals surface area contributed by atoms with Gasteiger partial charge in [0, 0.05) is 47.3 Å². The van der Waals surface area contributed by atoms with E-state index in [1.54, 1.807) is 18.5 Å². The van der Waals surface area contributed by atoms with Crippen molar-refractivity contribution in [1.29, 1.82) is 0 Å². The molecule has 1 aliphatic rings. The van der Waals surface area contributed by atoms with E-state index < -0.39 is 0 Å². The van der Waals surface area contributed by atoms with Gasteiger partial charge in [-0.3, -0.25) is 0 Å². The monoisotopic (exact) mass is 480 g/mol. The first kappa shape index (κ1) is 22.9. The van der Waals surface area contributed by atoms with Crippen molar-refractivity contribution in [2.75, 3.05) is 25.5 Å². The molecule has 0 aliphatic carbocycles. The number of nitrogens with one attached hydrogen (secondary N) is 4. The molecule has 7 nitrogen and oxygen atoms in total. The van der Waals surface area contributed by atoms with Gasteiger partial charge in [-0.15, -0.1) is 6.42 Å². The zero-order chi connectivity index (χ0) is 23.4. The molecule has 1 atom stereocenters. The summed E-state index contributed by atoms with van der Waals surface area (Å²) in [5, 5.41) is 11.5. The topological polar surface area (TPSA) is 80.7 Å². The van der Waals surface area contributed by atoms with Crippen LogP contribution in [0.4, 0.5) is 5.82 Å². The van der Waals surface area contributed by atoms with E-state index in [1.807, 2.05) is 44.5 Å². The minimum atomic E-state index is -0.162. The van der Waals surface area contributed by atoms with E-state index >= 15 is 0 Å². The van der Waals surface area contributed by atoms with E-state index in [4.69, 9.17) is 29.6 Å². The van der Waals surface area contributed by atoms with Gasteiger partial charge in [0.05, 0.1) is 10.7 Å². The number of terminal acetylenes is 1. The molecule has 0 saturated heterocycles. The van der Waals surface area contributed by atoms with Crippen LogP contribution in [0.3, 0.4) is 0 Å². The zero-order valence-corrected chi connectivity index (χ0v) is 19.8. The molecular weight excluding hydrogens is 457 g/mol. The summed E-state index contributed by atoms with van der Waals surface area (Å²) in [5.74, 6) is 4.10. The zero-order valence-electron chi connectivity index (χ0n) is 18.3. The van der Waals surface area contributed by atoms with Gasteiger partial charge in [0.1, 0.15) is 24.3 Å². The van der Waals surface area contributed by atoms with Crippen LogP contribution in [0, 0.1) is 19.3 Å². The summed E-state index contributed by atoms with van der Waals surface area (Å²) >= 11 is 12.7. The third kappa shape index (κ3) is 5.37. The first-order valence-corrected chi connectivity index (χ1v) is 11.1. The number of aromatic nitrogens is 3. The molecule has 0 saturated carbocycles. The van der Waals surface area contributed by atoms with Crippen LogP contribution in [0.2, 0.25) is 10.0 Å². The Balaban J connectivity index is 1.51. The summed E-state index contributed by atoms with van der Waals surface area (Å²) < 4.78 is 2.06. The second kappa shape index (κ2) is 10.1. The van der Waals surface area contributed by atoms with E-state index in [0.29, 0.717) is 23.1 Å². The molecule has 1 aromatic carbocycles. The van der Waals surface area contributed by atoms with E-state index in [-0.39, 0.29) is 6.29 Å². The average molecular weight is 481 g/mol. The van der Waals surface area contributed by atoms with Crippen molar-refractivity contribution in [2.45, 2.75) is 13.2 Å². The second-order valence-corrected chi connectivity index (χ2v) is 8.47. The molecule has 4 N–H and O–H groups in total. The Morgan fingerprint density at radius 1 is 1.15 bits per heavy atom. The van der Waals surface area contributed by atoms with Crippen LogP contribution in [-0.4, -0.2) is 52.2 Å². The molecule has 0 amide bonds. The van der Waals surface area contributed by atoms with Crippen molar-refractivity contribution in [1.82, 2.24) is 25.6 Å². The number of pyridine rings is 1. The molecule has 0 spiro atoms. The smallest absolute Gasteiger partial charge is 0.285 e. The lowest BCUT2D eigenvalue weighted by molar-refractivity contribution is -0.545. The van der Waals surface area contributed by atoms with Crippen LogP contribution in [0.15, 0.2) is 42.7 Å². The summed E-state index contributed by atoms with van der Waals surface area (Å²) in [7, 11) is 1.99. The Kier molecular flexibility index (Phi) is 6.99. The first-order valence-electron chi connectivity index (χ1n) is 10.4. The Hall–Kier alpha value is -3.31. The molecule has 1 unspecified atom stereocenters. The number of anilines is 1. The number of H-pyrrole nitrogens is 1. The fourth-order valence-electron chi connectivity index (χ4n) is 3.48. The Labute approximate surface area is 203 Å². The molecule has 3 heterocycles. The molecule has 1 aliphatic heterocycles. The van der Waals surface area contributed by atoms with Crippen LogP contribution >= 0.6 is 23.2 Å². The quantitative estimate of drug-likeness (QED) is 0.236. The molecule has 168 valence electrons. The van der Waals surface area contributed by atoms with Crippen molar-refractivity contribution in [2.24, 2.45) is 0 Å². The van der Waals surface area contributed by atoms with Gasteiger partial charge >= 0.3 is 0 Å². The van der Waals surface area contributed by atoms with Crippen molar-refractivity contribution >= 4 is 46.5 Å². The van der Waals surface area contributed by atoms with Crippen molar-refractivity contribution in [3.63, 3.8) is 0 Å². The number of hydrogen-bond acceptors (Lipinski definition) is 5. The predicted octanol–water partition coefficient (Wildman–Crippen LogP) is 3.57. The SMILES string of the molecule is C#Cc1ccc(NCCNC2NC(c3ccc(Cl)cc3Cl)=C(c3ncc(C)[nH]3)C=[N+]2C)nc1. The van der Waals surface area contributed by atoms with Gasteiger partial charge in [-0.05, 0) is 37.3 Å². The van der Waals surface area contributed by atoms with E-state index in [9.17, 15) is 0 Å². The fraction of sp³-hybridized carbons (Fsp3) is 0.208. The number of aromatic amines is 1. The number of imidazole rings is 1. The van der Waals surface area contributed by atoms with Crippen molar-refractivity contribution in [3.8, 4) is 12.3 Å². The van der Waals surface area contributed by atoms with Gasteiger partial charge in [0.2, 0.25) is 0 Å². The third-order valence-electron chi connectivity index (χ3n) is 5.15. The van der Waals surface area contributed by atoms with Crippen LogP contribution < -0.4 is 16.0 Å². The van der Waals surface area contributed by atoms with Crippen LogP contribution in [0.5, 0.6) is 0 Å². The normalized spacial score (nSPS) is 15.6. The highest BCUT2D eigenvalue weighted by molar-refractivity contribution is 6.36. The number of allylic oxidation sites excluding steroid dienone is 1. The van der Waals surface area contributed by atoms with Gasteiger partial charge in [-0.25, -0.2) is 19.9 Å². The van der Waals surface area contributed by atoms with E-state index in [0.717, 1.165) is 39.7 Å². The van der Waals surface area contributed by atoms with Crippen molar-refractivity contribution in [3.05, 3.63) is 75.4 Å². The lowest BCUT2D eigenvalue weighted by Crippen LogP contribution is -2.52.